The highest BCUT2D eigenvalue weighted by Gasteiger charge is 2.19. The maximum Gasteiger partial charge on any atom is 0.262 e. The first-order chi connectivity index (χ1) is 8.93. The minimum Gasteiger partial charge on any atom is -0.394 e. The molecule has 0 saturated heterocycles. The number of nitrogens with one attached hydrogen (secondary N) is 1. The van der Waals surface area contributed by atoms with Crippen molar-refractivity contribution in [2.75, 3.05) is 12.3 Å². The van der Waals surface area contributed by atoms with Crippen LogP contribution in [0.4, 0.5) is 5.95 Å². The van der Waals surface area contributed by atoms with Crippen LogP contribution in [0.3, 0.4) is 0 Å². The molecule has 0 aromatic carbocycles. The summed E-state index contributed by atoms with van der Waals surface area (Å²) >= 11 is 0. The van der Waals surface area contributed by atoms with Gasteiger partial charge >= 0.3 is 0 Å². The number of anilines is 1. The van der Waals surface area contributed by atoms with Gasteiger partial charge in [-0.15, -0.1) is 0 Å². The molecule has 2 aromatic heterocycles. The van der Waals surface area contributed by atoms with Gasteiger partial charge in [0.25, 0.3) is 11.5 Å². The van der Waals surface area contributed by atoms with E-state index in [9.17, 15) is 14.7 Å². The second-order valence-electron chi connectivity index (χ2n) is 4.05. The predicted molar refractivity (Wildman–Crippen MR) is 66.4 cm³/mol. The molecule has 0 radical (unpaired) electrons. The molecule has 9 nitrogen and oxygen atoms in total. The lowest BCUT2D eigenvalue weighted by Gasteiger charge is -2.08. The second kappa shape index (κ2) is 4.71. The van der Waals surface area contributed by atoms with Crippen LogP contribution in [0.1, 0.15) is 10.4 Å². The molecule has 0 spiro atoms. The summed E-state index contributed by atoms with van der Waals surface area (Å²) < 4.78 is 1.35. The monoisotopic (exact) mass is 267 g/mol. The van der Waals surface area contributed by atoms with Crippen molar-refractivity contribution in [3.05, 3.63) is 22.1 Å². The highest BCUT2D eigenvalue weighted by atomic mass is 16.3. The van der Waals surface area contributed by atoms with Gasteiger partial charge in [-0.05, 0) is 0 Å². The predicted octanol–water partition coefficient (Wildman–Crippen LogP) is -2.24. The minimum atomic E-state index is -1.06. The molecule has 9 heteroatoms. The molecule has 2 aromatic rings. The van der Waals surface area contributed by atoms with Crippen LogP contribution in [-0.4, -0.2) is 43.4 Å². The lowest BCUT2D eigenvalue weighted by atomic mass is 10.2. The van der Waals surface area contributed by atoms with Gasteiger partial charge in [0.05, 0.1) is 30.2 Å². The van der Waals surface area contributed by atoms with Crippen molar-refractivity contribution in [3.63, 3.8) is 0 Å². The minimum absolute atomic E-state index is 0.00633. The van der Waals surface area contributed by atoms with Crippen molar-refractivity contribution in [1.29, 1.82) is 0 Å². The van der Waals surface area contributed by atoms with E-state index < -0.39 is 24.2 Å². The number of nitrogens with two attached hydrogens (primary N) is 2. The van der Waals surface area contributed by atoms with Crippen LogP contribution >= 0.6 is 0 Å². The van der Waals surface area contributed by atoms with E-state index >= 15 is 0 Å². The van der Waals surface area contributed by atoms with Crippen LogP contribution in [0.5, 0.6) is 0 Å². The number of carbonyl (C=O) groups excluding carboxylic acids is 1. The molecule has 0 aliphatic carbocycles. The number of aliphatic hydroxyl groups is 2. The normalized spacial score (nSPS) is 12.7. The Labute approximate surface area is 106 Å². The number of carbonyl (C=O) groups is 1. The Bertz CT molecular complexity index is 689. The topological polar surface area (TPSA) is 160 Å². The zero-order valence-electron chi connectivity index (χ0n) is 9.83. The van der Waals surface area contributed by atoms with E-state index in [1.165, 1.54) is 10.8 Å². The third kappa shape index (κ3) is 2.28. The molecule has 1 unspecified atom stereocenters. The number of nitrogen functional groups attached to an aromatic ring is 1. The number of aliphatic hydroxyl groups excluding tert-OH is 2. The Morgan fingerprint density at radius 2 is 2.26 bits per heavy atom. The van der Waals surface area contributed by atoms with Crippen LogP contribution < -0.4 is 17.0 Å². The fourth-order valence-corrected chi connectivity index (χ4v) is 1.82. The number of H-pyrrole nitrogens is 1. The summed E-state index contributed by atoms with van der Waals surface area (Å²) in [4.78, 5) is 29.3. The van der Waals surface area contributed by atoms with E-state index in [4.69, 9.17) is 16.6 Å². The first kappa shape index (κ1) is 13.1. The van der Waals surface area contributed by atoms with Crippen LogP contribution in [0.2, 0.25) is 0 Å². The SMILES string of the molecule is NC(=O)c1cn(CC(O)CO)c2nc(N)[nH]c(=O)c12. The van der Waals surface area contributed by atoms with Gasteiger partial charge in [-0.2, -0.15) is 4.98 Å². The Morgan fingerprint density at radius 1 is 1.58 bits per heavy atom. The molecule has 7 N–H and O–H groups in total. The number of aromatic nitrogens is 3. The molecule has 19 heavy (non-hydrogen) atoms. The van der Waals surface area contributed by atoms with Crippen LogP contribution in [0, 0.1) is 0 Å². The Kier molecular flexibility index (Phi) is 3.23. The highest BCUT2D eigenvalue weighted by molar-refractivity contribution is 6.05. The molecule has 0 bridgehead atoms. The van der Waals surface area contributed by atoms with Crippen molar-refractivity contribution >= 4 is 22.9 Å². The van der Waals surface area contributed by atoms with Crippen molar-refractivity contribution in [2.24, 2.45) is 5.73 Å². The molecule has 1 amide bonds. The summed E-state index contributed by atoms with van der Waals surface area (Å²) in [6, 6.07) is 0. The molecule has 2 heterocycles. The number of aromatic amines is 1. The van der Waals surface area contributed by atoms with Crippen LogP contribution in [-0.2, 0) is 6.54 Å². The number of rotatable bonds is 4. The Hall–Kier alpha value is -2.39. The van der Waals surface area contributed by atoms with Gasteiger partial charge in [0, 0.05) is 6.20 Å². The molecule has 1 atom stereocenters. The summed E-state index contributed by atoms with van der Waals surface area (Å²) in [5.74, 6) is -0.911. The van der Waals surface area contributed by atoms with Gasteiger partial charge in [0.2, 0.25) is 5.95 Å². The third-order valence-electron chi connectivity index (χ3n) is 2.63. The summed E-state index contributed by atoms with van der Waals surface area (Å²) in [6.45, 7) is -0.513. The molecule has 102 valence electrons. The molecular formula is C10H13N5O4. The number of fused-ring (bicyclic) bond motifs is 1. The number of hydrogen-bond donors (Lipinski definition) is 5. The molecular weight excluding hydrogens is 254 g/mol. The summed E-state index contributed by atoms with van der Waals surface area (Å²) in [5.41, 5.74) is 10.1. The fraction of sp³-hybridized carbons (Fsp3) is 0.300. The zero-order chi connectivity index (χ0) is 14.2. The average molecular weight is 267 g/mol. The number of hydrogen-bond acceptors (Lipinski definition) is 6. The van der Waals surface area contributed by atoms with Crippen molar-refractivity contribution in [2.45, 2.75) is 12.6 Å². The van der Waals surface area contributed by atoms with Crippen LogP contribution in [0.15, 0.2) is 11.0 Å². The van der Waals surface area contributed by atoms with Crippen molar-refractivity contribution < 1.29 is 15.0 Å². The average Bonchev–Trinajstić information content (AvgIpc) is 2.68. The van der Waals surface area contributed by atoms with Crippen molar-refractivity contribution in [3.8, 4) is 0 Å². The lowest BCUT2D eigenvalue weighted by molar-refractivity contribution is 0.0820. The van der Waals surface area contributed by atoms with Gasteiger partial charge < -0.3 is 26.2 Å². The molecule has 0 fully saturated rings. The summed E-state index contributed by atoms with van der Waals surface area (Å²) in [7, 11) is 0. The second-order valence-corrected chi connectivity index (χ2v) is 4.05. The first-order valence-electron chi connectivity index (χ1n) is 5.41. The Morgan fingerprint density at radius 3 is 2.84 bits per heavy atom. The summed E-state index contributed by atoms with van der Waals surface area (Å²) in [5, 5.41) is 18.3. The molecule has 0 aliphatic rings. The van der Waals surface area contributed by atoms with E-state index in [0.717, 1.165) is 0 Å². The maximum atomic E-state index is 11.8. The quantitative estimate of drug-likeness (QED) is 0.421. The van der Waals surface area contributed by atoms with Crippen molar-refractivity contribution in [1.82, 2.24) is 14.5 Å². The first-order valence-corrected chi connectivity index (χ1v) is 5.41. The van der Waals surface area contributed by atoms with E-state index in [0.29, 0.717) is 0 Å². The van der Waals surface area contributed by atoms with Gasteiger partial charge in [-0.25, -0.2) is 0 Å². The van der Waals surface area contributed by atoms with E-state index in [1.807, 2.05) is 0 Å². The molecule has 2 rings (SSSR count). The number of amides is 1. The van der Waals surface area contributed by atoms with Gasteiger partial charge in [-0.1, -0.05) is 0 Å². The highest BCUT2D eigenvalue weighted by Crippen LogP contribution is 2.16. The van der Waals surface area contributed by atoms with E-state index in [2.05, 4.69) is 9.97 Å². The van der Waals surface area contributed by atoms with Crippen LogP contribution in [0.25, 0.3) is 11.0 Å². The zero-order valence-corrected chi connectivity index (χ0v) is 9.83. The standard InChI is InChI=1S/C10H13N5O4/c11-7(18)5-2-15(1-4(17)3-16)8-6(5)9(19)14-10(12)13-8/h2,4,16-17H,1,3H2,(H2,11,18)(H3,12,13,14,19). The number of nitrogens with zero attached hydrogens (tertiary/aromatic N) is 2. The van der Waals surface area contributed by atoms with Gasteiger partial charge in [0.15, 0.2) is 0 Å². The number of primary amides is 1. The third-order valence-corrected chi connectivity index (χ3v) is 2.63. The van der Waals surface area contributed by atoms with Gasteiger partial charge in [0.1, 0.15) is 5.65 Å². The maximum absolute atomic E-state index is 11.8. The molecule has 0 aliphatic heterocycles. The fourth-order valence-electron chi connectivity index (χ4n) is 1.82. The smallest absolute Gasteiger partial charge is 0.262 e. The van der Waals surface area contributed by atoms with E-state index in [1.54, 1.807) is 0 Å². The molecule has 0 saturated carbocycles. The largest absolute Gasteiger partial charge is 0.394 e. The van der Waals surface area contributed by atoms with Gasteiger partial charge in [-0.3, -0.25) is 14.6 Å². The van der Waals surface area contributed by atoms with E-state index in [-0.39, 0.29) is 29.1 Å². The Balaban J connectivity index is 2.71. The summed E-state index contributed by atoms with van der Waals surface area (Å²) in [6.07, 6.45) is 0.242. The lowest BCUT2D eigenvalue weighted by Crippen LogP contribution is -2.20.